The molecule has 3 atom stereocenters. The van der Waals surface area contributed by atoms with Crippen LogP contribution in [0, 0.1) is 5.92 Å². The van der Waals surface area contributed by atoms with Gasteiger partial charge in [0, 0.05) is 24.6 Å². The standard InChI is InChI=1S/C21H21NO/c1-15-18-9-5-6-10-19(18)21-17(13-20(15)23-21)11-12-22(21)14-16-7-3-2-4-8-16/h2-10,17,20H,1,11-14H2. The predicted octanol–water partition coefficient (Wildman–Crippen LogP) is 4.18. The SMILES string of the molecule is C=C1c2ccccc2C23OC1CC2CCN3Cc1ccccc1. The van der Waals surface area contributed by atoms with Crippen LogP contribution in [-0.4, -0.2) is 17.5 Å². The van der Waals surface area contributed by atoms with E-state index in [0.717, 1.165) is 19.5 Å². The van der Waals surface area contributed by atoms with Crippen LogP contribution in [0.2, 0.25) is 0 Å². The molecule has 0 saturated carbocycles. The van der Waals surface area contributed by atoms with E-state index in [0.29, 0.717) is 5.92 Å². The molecule has 5 rings (SSSR count). The van der Waals surface area contributed by atoms with E-state index in [1.54, 1.807) is 0 Å². The summed E-state index contributed by atoms with van der Waals surface area (Å²) in [5.41, 5.74) is 4.93. The van der Waals surface area contributed by atoms with Gasteiger partial charge in [-0.2, -0.15) is 0 Å². The molecule has 2 nitrogen and oxygen atoms in total. The molecule has 3 aliphatic heterocycles. The molecule has 23 heavy (non-hydrogen) atoms. The van der Waals surface area contributed by atoms with Crippen molar-refractivity contribution >= 4 is 5.57 Å². The van der Waals surface area contributed by atoms with E-state index in [2.05, 4.69) is 66.1 Å². The maximum Gasteiger partial charge on any atom is 0.152 e. The summed E-state index contributed by atoms with van der Waals surface area (Å²) in [5, 5.41) is 0. The molecule has 3 aliphatic rings. The van der Waals surface area contributed by atoms with E-state index in [1.807, 2.05) is 0 Å². The molecular weight excluding hydrogens is 282 g/mol. The molecule has 3 unspecified atom stereocenters. The Hall–Kier alpha value is -1.90. The molecule has 2 saturated heterocycles. The summed E-state index contributed by atoms with van der Waals surface area (Å²) < 4.78 is 6.66. The monoisotopic (exact) mass is 303 g/mol. The molecule has 116 valence electrons. The van der Waals surface area contributed by atoms with Gasteiger partial charge in [0.25, 0.3) is 0 Å². The fraction of sp³-hybridized carbons (Fsp3) is 0.333. The average Bonchev–Trinajstić information content (AvgIpc) is 3.10. The molecule has 0 aromatic heterocycles. The zero-order valence-corrected chi connectivity index (χ0v) is 13.2. The van der Waals surface area contributed by atoms with Crippen LogP contribution in [0.5, 0.6) is 0 Å². The van der Waals surface area contributed by atoms with Crippen LogP contribution in [0.15, 0.2) is 61.2 Å². The number of fused-ring (bicyclic) bond motifs is 2. The normalized spacial score (nSPS) is 31.9. The topological polar surface area (TPSA) is 12.5 Å². The zero-order valence-electron chi connectivity index (χ0n) is 13.2. The molecular formula is C21H21NO. The van der Waals surface area contributed by atoms with Crippen LogP contribution in [0.25, 0.3) is 5.57 Å². The van der Waals surface area contributed by atoms with E-state index in [4.69, 9.17) is 4.74 Å². The van der Waals surface area contributed by atoms with E-state index in [-0.39, 0.29) is 11.8 Å². The Kier molecular flexibility index (Phi) is 2.82. The van der Waals surface area contributed by atoms with Gasteiger partial charge in [0.2, 0.25) is 0 Å². The summed E-state index contributed by atoms with van der Waals surface area (Å²) in [6.45, 7) is 6.38. The molecule has 2 aromatic carbocycles. The van der Waals surface area contributed by atoms with Crippen molar-refractivity contribution in [3.63, 3.8) is 0 Å². The van der Waals surface area contributed by atoms with Gasteiger partial charge in [-0.05, 0) is 29.5 Å². The van der Waals surface area contributed by atoms with Crippen molar-refractivity contribution in [1.29, 1.82) is 0 Å². The molecule has 2 heteroatoms. The van der Waals surface area contributed by atoms with E-state index >= 15 is 0 Å². The highest BCUT2D eigenvalue weighted by atomic mass is 16.5. The summed E-state index contributed by atoms with van der Waals surface area (Å²) in [4.78, 5) is 2.55. The smallest absolute Gasteiger partial charge is 0.152 e. The van der Waals surface area contributed by atoms with Crippen molar-refractivity contribution in [2.45, 2.75) is 31.2 Å². The van der Waals surface area contributed by atoms with Gasteiger partial charge in [-0.3, -0.25) is 4.90 Å². The molecule has 0 amide bonds. The Morgan fingerprint density at radius 2 is 1.87 bits per heavy atom. The largest absolute Gasteiger partial charge is 0.348 e. The molecule has 3 heterocycles. The Bertz CT molecular complexity index is 768. The molecule has 0 radical (unpaired) electrons. The predicted molar refractivity (Wildman–Crippen MR) is 91.6 cm³/mol. The first kappa shape index (κ1) is 13.5. The van der Waals surface area contributed by atoms with Gasteiger partial charge in [-0.1, -0.05) is 61.2 Å². The van der Waals surface area contributed by atoms with E-state index < -0.39 is 0 Å². The number of nitrogens with zero attached hydrogens (tertiary/aromatic N) is 1. The van der Waals surface area contributed by atoms with Gasteiger partial charge < -0.3 is 4.74 Å². The van der Waals surface area contributed by atoms with E-state index in [9.17, 15) is 0 Å². The molecule has 2 fully saturated rings. The number of benzene rings is 2. The van der Waals surface area contributed by atoms with Crippen molar-refractivity contribution in [3.05, 3.63) is 77.9 Å². The lowest BCUT2D eigenvalue weighted by atomic mass is 9.87. The lowest BCUT2D eigenvalue weighted by molar-refractivity contribution is -0.145. The van der Waals surface area contributed by atoms with Crippen LogP contribution in [-0.2, 0) is 17.0 Å². The molecule has 0 N–H and O–H groups in total. The minimum Gasteiger partial charge on any atom is -0.348 e. The van der Waals surface area contributed by atoms with Gasteiger partial charge in [-0.15, -0.1) is 0 Å². The lowest BCUT2D eigenvalue weighted by Gasteiger charge is -2.43. The number of likely N-dealkylation sites (tertiary alicyclic amines) is 1. The van der Waals surface area contributed by atoms with E-state index in [1.165, 1.54) is 28.7 Å². The second-order valence-corrected chi connectivity index (χ2v) is 7.00. The van der Waals surface area contributed by atoms with Gasteiger partial charge >= 0.3 is 0 Å². The third-order valence-corrected chi connectivity index (χ3v) is 5.86. The fourth-order valence-electron chi connectivity index (χ4n) is 4.82. The highest BCUT2D eigenvalue weighted by Gasteiger charge is 2.60. The first-order valence-electron chi connectivity index (χ1n) is 8.54. The second-order valence-electron chi connectivity index (χ2n) is 7.00. The van der Waals surface area contributed by atoms with Crippen molar-refractivity contribution < 1.29 is 4.74 Å². The summed E-state index contributed by atoms with van der Waals surface area (Å²) in [7, 11) is 0. The zero-order chi connectivity index (χ0) is 15.4. The minimum atomic E-state index is -0.238. The third-order valence-electron chi connectivity index (χ3n) is 5.86. The molecule has 2 bridgehead atoms. The first-order valence-corrected chi connectivity index (χ1v) is 8.54. The van der Waals surface area contributed by atoms with Crippen molar-refractivity contribution in [2.75, 3.05) is 6.54 Å². The number of ether oxygens (including phenoxy) is 1. The number of hydrogen-bond acceptors (Lipinski definition) is 2. The molecule has 2 aromatic rings. The fourth-order valence-corrected chi connectivity index (χ4v) is 4.82. The molecule has 1 spiro atoms. The lowest BCUT2D eigenvalue weighted by Crippen LogP contribution is -2.46. The second kappa shape index (κ2) is 4.80. The summed E-state index contributed by atoms with van der Waals surface area (Å²) in [6.07, 6.45) is 2.51. The average molecular weight is 303 g/mol. The Morgan fingerprint density at radius 1 is 1.09 bits per heavy atom. The van der Waals surface area contributed by atoms with Gasteiger partial charge in [-0.25, -0.2) is 0 Å². The van der Waals surface area contributed by atoms with Gasteiger partial charge in [0.1, 0.15) is 0 Å². The Morgan fingerprint density at radius 3 is 2.74 bits per heavy atom. The van der Waals surface area contributed by atoms with Crippen molar-refractivity contribution in [3.8, 4) is 0 Å². The third kappa shape index (κ3) is 1.76. The summed E-state index contributed by atoms with van der Waals surface area (Å²) >= 11 is 0. The molecule has 0 aliphatic carbocycles. The Labute approximate surface area is 137 Å². The summed E-state index contributed by atoms with van der Waals surface area (Å²) in [6, 6.07) is 19.5. The quantitative estimate of drug-likeness (QED) is 0.825. The highest BCUT2D eigenvalue weighted by Crippen LogP contribution is 2.59. The van der Waals surface area contributed by atoms with Crippen LogP contribution >= 0.6 is 0 Å². The van der Waals surface area contributed by atoms with Crippen molar-refractivity contribution in [1.82, 2.24) is 4.90 Å². The van der Waals surface area contributed by atoms with Gasteiger partial charge in [0.15, 0.2) is 5.72 Å². The number of hydrogen-bond donors (Lipinski definition) is 0. The van der Waals surface area contributed by atoms with Crippen LogP contribution < -0.4 is 0 Å². The van der Waals surface area contributed by atoms with Crippen LogP contribution in [0.3, 0.4) is 0 Å². The minimum absolute atomic E-state index is 0.188. The van der Waals surface area contributed by atoms with Gasteiger partial charge in [0.05, 0.1) is 6.10 Å². The summed E-state index contributed by atoms with van der Waals surface area (Å²) in [5.74, 6) is 0.580. The Balaban J connectivity index is 1.62. The maximum absolute atomic E-state index is 6.66. The van der Waals surface area contributed by atoms with Crippen LogP contribution in [0.4, 0.5) is 0 Å². The van der Waals surface area contributed by atoms with Crippen molar-refractivity contribution in [2.24, 2.45) is 5.92 Å². The van der Waals surface area contributed by atoms with Crippen LogP contribution in [0.1, 0.15) is 29.5 Å². The highest BCUT2D eigenvalue weighted by molar-refractivity contribution is 5.73. The number of rotatable bonds is 2. The maximum atomic E-state index is 6.66. The first-order chi connectivity index (χ1) is 11.3.